The summed E-state index contributed by atoms with van der Waals surface area (Å²) in [5, 5.41) is 12.2. The van der Waals surface area contributed by atoms with Crippen LogP contribution in [0.5, 0.6) is 11.5 Å². The normalized spacial score (nSPS) is 11.5. The van der Waals surface area contributed by atoms with Crippen LogP contribution in [0.25, 0.3) is 0 Å². The van der Waals surface area contributed by atoms with Crippen LogP contribution in [-0.4, -0.2) is 37.7 Å². The van der Waals surface area contributed by atoms with Gasteiger partial charge in [0.1, 0.15) is 11.5 Å². The van der Waals surface area contributed by atoms with E-state index >= 15 is 0 Å². The molecule has 0 fully saturated rings. The standard InChI is InChI=1S/C21H25NO5/c1-14-5-4-6-15(9-14)10-17(21(24)25)13-22-20(23)12-16-11-18(26-2)7-8-19(16)27-3/h4-9,11,17H,10,12-13H2,1-3H3,(H,22,23)(H,24,25). The summed E-state index contributed by atoms with van der Waals surface area (Å²) in [5.74, 6) is -0.683. The minimum atomic E-state index is -0.934. The summed E-state index contributed by atoms with van der Waals surface area (Å²) in [7, 11) is 3.08. The Kier molecular flexibility index (Phi) is 7.23. The Hall–Kier alpha value is -3.02. The van der Waals surface area contributed by atoms with Gasteiger partial charge in [0.2, 0.25) is 5.91 Å². The summed E-state index contributed by atoms with van der Waals surface area (Å²) >= 11 is 0. The first-order valence-electron chi connectivity index (χ1n) is 8.69. The van der Waals surface area contributed by atoms with Crippen molar-refractivity contribution in [3.63, 3.8) is 0 Å². The van der Waals surface area contributed by atoms with Gasteiger partial charge in [0.25, 0.3) is 0 Å². The molecule has 0 saturated carbocycles. The van der Waals surface area contributed by atoms with Crippen molar-refractivity contribution in [2.75, 3.05) is 20.8 Å². The number of aryl methyl sites for hydroxylation is 1. The average Bonchev–Trinajstić information content (AvgIpc) is 2.64. The zero-order chi connectivity index (χ0) is 19.8. The molecule has 0 saturated heterocycles. The van der Waals surface area contributed by atoms with Gasteiger partial charge in [0, 0.05) is 12.1 Å². The van der Waals surface area contributed by atoms with Crippen molar-refractivity contribution < 1.29 is 24.2 Å². The number of nitrogens with one attached hydrogen (secondary N) is 1. The molecule has 6 heteroatoms. The number of hydrogen-bond acceptors (Lipinski definition) is 4. The van der Waals surface area contributed by atoms with Crippen molar-refractivity contribution >= 4 is 11.9 Å². The highest BCUT2D eigenvalue weighted by Gasteiger charge is 2.19. The highest BCUT2D eigenvalue weighted by molar-refractivity contribution is 5.80. The first kappa shape index (κ1) is 20.3. The molecule has 0 radical (unpaired) electrons. The smallest absolute Gasteiger partial charge is 0.308 e. The summed E-state index contributed by atoms with van der Waals surface area (Å²) in [6, 6.07) is 12.9. The van der Waals surface area contributed by atoms with Gasteiger partial charge in [-0.2, -0.15) is 0 Å². The molecule has 0 bridgehead atoms. The highest BCUT2D eigenvalue weighted by atomic mass is 16.5. The lowest BCUT2D eigenvalue weighted by Gasteiger charge is -2.15. The lowest BCUT2D eigenvalue weighted by atomic mass is 9.98. The van der Waals surface area contributed by atoms with Gasteiger partial charge in [-0.15, -0.1) is 0 Å². The number of carbonyl (C=O) groups is 2. The average molecular weight is 371 g/mol. The Morgan fingerprint density at radius 3 is 2.52 bits per heavy atom. The van der Waals surface area contributed by atoms with Crippen molar-refractivity contribution in [1.82, 2.24) is 5.32 Å². The van der Waals surface area contributed by atoms with E-state index in [2.05, 4.69) is 5.32 Å². The second-order valence-electron chi connectivity index (χ2n) is 6.39. The van der Waals surface area contributed by atoms with E-state index in [1.807, 2.05) is 31.2 Å². The SMILES string of the molecule is COc1ccc(OC)c(CC(=O)NCC(Cc2cccc(C)c2)C(=O)O)c1. The monoisotopic (exact) mass is 371 g/mol. The summed E-state index contributed by atoms with van der Waals surface area (Å²) in [6.07, 6.45) is 0.441. The number of ether oxygens (including phenoxy) is 2. The Bertz CT molecular complexity index is 803. The Balaban J connectivity index is 1.99. The van der Waals surface area contributed by atoms with Crippen molar-refractivity contribution in [2.24, 2.45) is 5.92 Å². The number of methoxy groups -OCH3 is 2. The van der Waals surface area contributed by atoms with Crippen LogP contribution in [0.3, 0.4) is 0 Å². The van der Waals surface area contributed by atoms with Gasteiger partial charge in [-0.3, -0.25) is 9.59 Å². The van der Waals surface area contributed by atoms with E-state index < -0.39 is 11.9 Å². The van der Waals surface area contributed by atoms with Crippen LogP contribution in [0.1, 0.15) is 16.7 Å². The molecule has 2 aromatic carbocycles. The summed E-state index contributed by atoms with van der Waals surface area (Å²) in [4.78, 5) is 23.9. The largest absolute Gasteiger partial charge is 0.497 e. The molecular formula is C21H25NO5. The number of hydrogen-bond donors (Lipinski definition) is 2. The molecule has 6 nitrogen and oxygen atoms in total. The summed E-state index contributed by atoms with van der Waals surface area (Å²) in [5.41, 5.74) is 2.69. The summed E-state index contributed by atoms with van der Waals surface area (Å²) in [6.45, 7) is 2.02. The fraction of sp³-hybridized carbons (Fsp3) is 0.333. The molecule has 2 aromatic rings. The molecule has 0 aromatic heterocycles. The third kappa shape index (κ3) is 6.02. The van der Waals surface area contributed by atoms with Crippen LogP contribution in [0.4, 0.5) is 0 Å². The number of rotatable bonds is 9. The Morgan fingerprint density at radius 1 is 1.11 bits per heavy atom. The maximum atomic E-state index is 12.3. The molecule has 0 spiro atoms. The van der Waals surface area contributed by atoms with E-state index in [4.69, 9.17) is 9.47 Å². The number of carbonyl (C=O) groups excluding carboxylic acids is 1. The Morgan fingerprint density at radius 2 is 1.89 bits per heavy atom. The second kappa shape index (κ2) is 9.62. The second-order valence-corrected chi connectivity index (χ2v) is 6.39. The van der Waals surface area contributed by atoms with Crippen LogP contribution < -0.4 is 14.8 Å². The van der Waals surface area contributed by atoms with Gasteiger partial charge < -0.3 is 19.9 Å². The number of benzene rings is 2. The van der Waals surface area contributed by atoms with Crippen molar-refractivity contribution in [2.45, 2.75) is 19.8 Å². The predicted octanol–water partition coefficient (Wildman–Crippen LogP) is 2.61. The molecule has 1 amide bonds. The molecule has 0 aliphatic rings. The van der Waals surface area contributed by atoms with E-state index in [9.17, 15) is 14.7 Å². The predicted molar refractivity (Wildman–Crippen MR) is 102 cm³/mol. The van der Waals surface area contributed by atoms with Gasteiger partial charge in [-0.1, -0.05) is 29.8 Å². The topological polar surface area (TPSA) is 84.9 Å². The summed E-state index contributed by atoms with van der Waals surface area (Å²) < 4.78 is 10.4. The molecule has 0 heterocycles. The van der Waals surface area contributed by atoms with E-state index in [1.54, 1.807) is 25.3 Å². The van der Waals surface area contributed by atoms with Crippen LogP contribution in [-0.2, 0) is 22.4 Å². The van der Waals surface area contributed by atoms with E-state index in [0.29, 0.717) is 23.5 Å². The van der Waals surface area contributed by atoms with Gasteiger partial charge in [-0.25, -0.2) is 0 Å². The maximum Gasteiger partial charge on any atom is 0.308 e. The quantitative estimate of drug-likeness (QED) is 0.708. The van der Waals surface area contributed by atoms with Crippen molar-refractivity contribution in [3.8, 4) is 11.5 Å². The zero-order valence-corrected chi connectivity index (χ0v) is 15.8. The molecule has 2 rings (SSSR count). The van der Waals surface area contributed by atoms with Gasteiger partial charge in [0.15, 0.2) is 0 Å². The molecule has 0 aliphatic carbocycles. The number of carboxylic acids is 1. The van der Waals surface area contributed by atoms with Gasteiger partial charge >= 0.3 is 5.97 Å². The zero-order valence-electron chi connectivity index (χ0n) is 15.8. The number of aliphatic carboxylic acids is 1. The fourth-order valence-corrected chi connectivity index (χ4v) is 2.86. The van der Waals surface area contributed by atoms with Crippen LogP contribution in [0.2, 0.25) is 0 Å². The lowest BCUT2D eigenvalue weighted by Crippen LogP contribution is -2.35. The fourth-order valence-electron chi connectivity index (χ4n) is 2.86. The minimum Gasteiger partial charge on any atom is -0.497 e. The lowest BCUT2D eigenvalue weighted by molar-refractivity contribution is -0.141. The third-order valence-corrected chi connectivity index (χ3v) is 4.30. The van der Waals surface area contributed by atoms with Crippen molar-refractivity contribution in [3.05, 3.63) is 59.2 Å². The first-order chi connectivity index (χ1) is 12.9. The van der Waals surface area contributed by atoms with Crippen LogP contribution in [0.15, 0.2) is 42.5 Å². The maximum absolute atomic E-state index is 12.3. The van der Waals surface area contributed by atoms with E-state index in [-0.39, 0.29) is 18.9 Å². The van der Waals surface area contributed by atoms with Crippen LogP contribution >= 0.6 is 0 Å². The third-order valence-electron chi connectivity index (χ3n) is 4.30. The van der Waals surface area contributed by atoms with Gasteiger partial charge in [0.05, 0.1) is 26.6 Å². The first-order valence-corrected chi connectivity index (χ1v) is 8.69. The Labute approximate surface area is 159 Å². The van der Waals surface area contributed by atoms with E-state index in [0.717, 1.165) is 11.1 Å². The highest BCUT2D eigenvalue weighted by Crippen LogP contribution is 2.24. The number of amides is 1. The van der Waals surface area contributed by atoms with Gasteiger partial charge in [-0.05, 0) is 37.1 Å². The minimum absolute atomic E-state index is 0.0639. The van der Waals surface area contributed by atoms with Crippen molar-refractivity contribution in [1.29, 1.82) is 0 Å². The number of carboxylic acid groups (broad SMARTS) is 1. The van der Waals surface area contributed by atoms with Crippen LogP contribution in [0, 0.1) is 12.8 Å². The molecule has 144 valence electrons. The van der Waals surface area contributed by atoms with E-state index in [1.165, 1.54) is 7.11 Å². The molecule has 1 atom stereocenters. The molecule has 27 heavy (non-hydrogen) atoms. The molecule has 1 unspecified atom stereocenters. The molecule has 0 aliphatic heterocycles. The molecular weight excluding hydrogens is 346 g/mol. The molecule has 2 N–H and O–H groups in total.